The molecule has 2 amide bonds. The summed E-state index contributed by atoms with van der Waals surface area (Å²) < 4.78 is 0. The first kappa shape index (κ1) is 16.5. The number of nitrogens with zero attached hydrogens (tertiary/aromatic N) is 2. The lowest BCUT2D eigenvalue weighted by Gasteiger charge is -2.41. The molecule has 1 N–H and O–H groups in total. The minimum atomic E-state index is -0.770. The van der Waals surface area contributed by atoms with Gasteiger partial charge in [0.05, 0.1) is 0 Å². The van der Waals surface area contributed by atoms with E-state index in [2.05, 4.69) is 6.92 Å². The van der Waals surface area contributed by atoms with Gasteiger partial charge in [0.2, 0.25) is 0 Å². The topological polar surface area (TPSA) is 60.9 Å². The standard InChI is InChI=1S/C15H26N2O3S/c1-2-13-11-16(9-10-21-13)15(20)17-8-4-3-5-12(17)6-7-14(18)19/h12-13H,2-11H2,1H3,(H,18,19). The van der Waals surface area contributed by atoms with E-state index in [0.717, 1.165) is 51.1 Å². The third kappa shape index (κ3) is 4.53. The highest BCUT2D eigenvalue weighted by molar-refractivity contribution is 8.00. The first-order valence-electron chi connectivity index (χ1n) is 8.00. The summed E-state index contributed by atoms with van der Waals surface area (Å²) in [5.74, 6) is 0.242. The summed E-state index contributed by atoms with van der Waals surface area (Å²) in [6, 6.07) is 0.237. The second kappa shape index (κ2) is 7.92. The zero-order chi connectivity index (χ0) is 15.2. The quantitative estimate of drug-likeness (QED) is 0.866. The van der Waals surface area contributed by atoms with Crippen LogP contribution in [0.2, 0.25) is 0 Å². The van der Waals surface area contributed by atoms with Crippen molar-refractivity contribution in [3.05, 3.63) is 0 Å². The molecular formula is C15H26N2O3S. The van der Waals surface area contributed by atoms with E-state index in [1.807, 2.05) is 21.6 Å². The van der Waals surface area contributed by atoms with Crippen LogP contribution >= 0.6 is 11.8 Å². The van der Waals surface area contributed by atoms with E-state index in [0.29, 0.717) is 11.7 Å². The van der Waals surface area contributed by atoms with Crippen LogP contribution in [0, 0.1) is 0 Å². The van der Waals surface area contributed by atoms with Crippen molar-refractivity contribution in [2.45, 2.75) is 56.7 Å². The molecule has 2 aliphatic heterocycles. The summed E-state index contributed by atoms with van der Waals surface area (Å²) in [4.78, 5) is 27.5. The summed E-state index contributed by atoms with van der Waals surface area (Å²) in [5, 5.41) is 9.41. The molecule has 2 fully saturated rings. The number of urea groups is 1. The maximum Gasteiger partial charge on any atom is 0.320 e. The summed E-state index contributed by atoms with van der Waals surface area (Å²) >= 11 is 1.96. The number of likely N-dealkylation sites (tertiary alicyclic amines) is 1. The van der Waals surface area contributed by atoms with Crippen molar-refractivity contribution in [2.24, 2.45) is 0 Å². The fourth-order valence-corrected chi connectivity index (χ4v) is 4.34. The monoisotopic (exact) mass is 314 g/mol. The smallest absolute Gasteiger partial charge is 0.320 e. The van der Waals surface area contributed by atoms with Crippen LogP contribution in [0.4, 0.5) is 4.79 Å². The lowest BCUT2D eigenvalue weighted by molar-refractivity contribution is -0.137. The van der Waals surface area contributed by atoms with Gasteiger partial charge in [-0.3, -0.25) is 4.79 Å². The molecule has 0 aromatic heterocycles. The summed E-state index contributed by atoms with van der Waals surface area (Å²) in [5.41, 5.74) is 0. The van der Waals surface area contributed by atoms with Crippen molar-refractivity contribution in [1.29, 1.82) is 0 Å². The van der Waals surface area contributed by atoms with Gasteiger partial charge in [-0.2, -0.15) is 11.8 Å². The minimum Gasteiger partial charge on any atom is -0.481 e. The highest BCUT2D eigenvalue weighted by Crippen LogP contribution is 2.26. The molecule has 120 valence electrons. The van der Waals surface area contributed by atoms with E-state index in [9.17, 15) is 9.59 Å². The molecule has 2 unspecified atom stereocenters. The van der Waals surface area contributed by atoms with Gasteiger partial charge in [-0.15, -0.1) is 0 Å². The normalized spacial score (nSPS) is 26.7. The fraction of sp³-hybridized carbons (Fsp3) is 0.867. The van der Waals surface area contributed by atoms with Gasteiger partial charge in [0.1, 0.15) is 0 Å². The molecule has 2 atom stereocenters. The molecule has 0 spiro atoms. The third-order valence-electron chi connectivity index (χ3n) is 4.43. The maximum atomic E-state index is 12.8. The average molecular weight is 314 g/mol. The SMILES string of the molecule is CCC1CN(C(=O)N2CCCCC2CCC(=O)O)CCS1. The molecule has 0 aromatic rings. The van der Waals surface area contributed by atoms with Crippen LogP contribution < -0.4 is 0 Å². The molecule has 5 nitrogen and oxygen atoms in total. The molecule has 2 heterocycles. The second-order valence-electron chi connectivity index (χ2n) is 5.91. The first-order chi connectivity index (χ1) is 10.1. The highest BCUT2D eigenvalue weighted by atomic mass is 32.2. The van der Waals surface area contributed by atoms with Gasteiger partial charge in [-0.1, -0.05) is 6.92 Å². The molecule has 0 saturated carbocycles. The third-order valence-corrected chi connectivity index (χ3v) is 5.80. The number of hydrogen-bond donors (Lipinski definition) is 1. The molecule has 6 heteroatoms. The van der Waals surface area contributed by atoms with E-state index in [-0.39, 0.29) is 18.5 Å². The van der Waals surface area contributed by atoms with Gasteiger partial charge in [0.25, 0.3) is 0 Å². The number of carboxylic acids is 1. The Morgan fingerprint density at radius 2 is 2.10 bits per heavy atom. The Labute approximate surface area is 131 Å². The van der Waals surface area contributed by atoms with Gasteiger partial charge in [-0.25, -0.2) is 4.79 Å². The van der Waals surface area contributed by atoms with Crippen molar-refractivity contribution in [1.82, 2.24) is 9.80 Å². The van der Waals surface area contributed by atoms with Crippen LogP contribution in [0.1, 0.15) is 45.4 Å². The summed E-state index contributed by atoms with van der Waals surface area (Å²) in [6.45, 7) is 4.61. The van der Waals surface area contributed by atoms with Gasteiger partial charge in [0, 0.05) is 43.1 Å². The lowest BCUT2D eigenvalue weighted by atomic mass is 9.98. The van der Waals surface area contributed by atoms with Crippen LogP contribution in [-0.2, 0) is 4.79 Å². The predicted octanol–water partition coefficient (Wildman–Crippen LogP) is 2.65. The van der Waals surface area contributed by atoms with Crippen LogP contribution in [0.25, 0.3) is 0 Å². The molecule has 2 aliphatic rings. The molecule has 0 aromatic carbocycles. The number of carbonyl (C=O) groups excluding carboxylic acids is 1. The number of carboxylic acid groups (broad SMARTS) is 1. The molecule has 21 heavy (non-hydrogen) atoms. The van der Waals surface area contributed by atoms with E-state index >= 15 is 0 Å². The van der Waals surface area contributed by atoms with Crippen LogP contribution in [0.5, 0.6) is 0 Å². The van der Waals surface area contributed by atoms with E-state index < -0.39 is 5.97 Å². The predicted molar refractivity (Wildman–Crippen MR) is 84.7 cm³/mol. The molecule has 0 aliphatic carbocycles. The van der Waals surface area contributed by atoms with E-state index in [1.54, 1.807) is 0 Å². The zero-order valence-electron chi connectivity index (χ0n) is 12.8. The Bertz CT molecular complexity index is 378. The number of thioether (sulfide) groups is 1. The van der Waals surface area contributed by atoms with Crippen LogP contribution in [0.3, 0.4) is 0 Å². The Balaban J connectivity index is 1.95. The van der Waals surface area contributed by atoms with Gasteiger partial charge >= 0.3 is 12.0 Å². The number of aliphatic carboxylic acids is 1. The summed E-state index contributed by atoms with van der Waals surface area (Å²) in [7, 11) is 0. The Hall–Kier alpha value is -0.910. The molecular weight excluding hydrogens is 288 g/mol. The molecule has 0 radical (unpaired) electrons. The first-order valence-corrected chi connectivity index (χ1v) is 9.05. The van der Waals surface area contributed by atoms with Crippen molar-refractivity contribution < 1.29 is 14.7 Å². The number of carbonyl (C=O) groups is 2. The second-order valence-corrected chi connectivity index (χ2v) is 7.31. The molecule has 2 saturated heterocycles. The van der Waals surface area contributed by atoms with Crippen molar-refractivity contribution in [3.63, 3.8) is 0 Å². The molecule has 2 rings (SSSR count). The average Bonchev–Trinajstić information content (AvgIpc) is 2.52. The Kier molecular flexibility index (Phi) is 6.21. The fourth-order valence-electron chi connectivity index (χ4n) is 3.16. The van der Waals surface area contributed by atoms with Crippen molar-refractivity contribution >= 4 is 23.8 Å². The Morgan fingerprint density at radius 1 is 1.29 bits per heavy atom. The lowest BCUT2D eigenvalue weighted by Crippen LogP contribution is -2.53. The highest BCUT2D eigenvalue weighted by Gasteiger charge is 2.32. The van der Waals surface area contributed by atoms with Crippen molar-refractivity contribution in [2.75, 3.05) is 25.4 Å². The van der Waals surface area contributed by atoms with Gasteiger partial charge < -0.3 is 14.9 Å². The summed E-state index contributed by atoms with van der Waals surface area (Å²) in [6.07, 6.45) is 4.91. The number of rotatable bonds is 4. The van der Waals surface area contributed by atoms with Crippen molar-refractivity contribution in [3.8, 4) is 0 Å². The Morgan fingerprint density at radius 3 is 2.81 bits per heavy atom. The molecule has 0 bridgehead atoms. The largest absolute Gasteiger partial charge is 0.481 e. The number of piperidine rings is 1. The zero-order valence-corrected chi connectivity index (χ0v) is 13.6. The van der Waals surface area contributed by atoms with E-state index in [1.165, 1.54) is 0 Å². The number of hydrogen-bond acceptors (Lipinski definition) is 3. The van der Waals surface area contributed by atoms with Gasteiger partial charge in [-0.05, 0) is 32.1 Å². The maximum absolute atomic E-state index is 12.8. The van der Waals surface area contributed by atoms with Gasteiger partial charge in [0.15, 0.2) is 0 Å². The van der Waals surface area contributed by atoms with Crippen LogP contribution in [0.15, 0.2) is 0 Å². The minimum absolute atomic E-state index is 0.108. The van der Waals surface area contributed by atoms with Crippen LogP contribution in [-0.4, -0.2) is 63.6 Å². The number of amides is 2. The van der Waals surface area contributed by atoms with E-state index in [4.69, 9.17) is 5.11 Å².